The monoisotopic (exact) mass is 681 g/mol. The highest BCUT2D eigenvalue weighted by atomic mass is 32.2. The maximum absolute atomic E-state index is 12.7. The molecule has 3 aliphatic rings. The van der Waals surface area contributed by atoms with E-state index in [0.29, 0.717) is 39.4 Å². The van der Waals surface area contributed by atoms with Gasteiger partial charge in [0.05, 0.1) is 16.5 Å². The molecule has 0 bridgehead atoms. The fourth-order valence-electron chi connectivity index (χ4n) is 6.68. The van der Waals surface area contributed by atoms with Crippen LogP contribution in [0.4, 0.5) is 5.69 Å². The van der Waals surface area contributed by atoms with Crippen molar-refractivity contribution in [1.29, 1.82) is 0 Å². The Kier molecular flexibility index (Phi) is 10.5. The number of benzene rings is 3. The molecule has 5 N–H and O–H groups in total. The van der Waals surface area contributed by atoms with Gasteiger partial charge in [-0.15, -0.1) is 0 Å². The van der Waals surface area contributed by atoms with Crippen LogP contribution >= 0.6 is 11.8 Å². The van der Waals surface area contributed by atoms with Crippen LogP contribution < -0.4 is 26.0 Å². The van der Waals surface area contributed by atoms with Gasteiger partial charge in [0.1, 0.15) is 24.0 Å². The summed E-state index contributed by atoms with van der Waals surface area (Å²) >= 11 is 1.43. The van der Waals surface area contributed by atoms with Crippen molar-refractivity contribution in [2.45, 2.75) is 50.4 Å². The summed E-state index contributed by atoms with van der Waals surface area (Å²) in [5.41, 5.74) is 4.49. The molecule has 0 radical (unpaired) electrons. The predicted octanol–water partition coefficient (Wildman–Crippen LogP) is 4.08. The van der Waals surface area contributed by atoms with Gasteiger partial charge in [-0.1, -0.05) is 48.5 Å². The summed E-state index contributed by atoms with van der Waals surface area (Å²) in [6, 6.07) is 24.9. The lowest BCUT2D eigenvalue weighted by molar-refractivity contribution is -0.115. The summed E-state index contributed by atoms with van der Waals surface area (Å²) in [5.74, 6) is 0.450. The molecule has 1 aromatic heterocycles. The number of aromatic amines is 2. The number of H-pyrrole nitrogens is 2. The number of hydrogen-bond donors (Lipinski definition) is 5. The molecule has 4 aromatic rings. The number of nitrogens with zero attached hydrogens (tertiary/aromatic N) is 3. The Morgan fingerprint density at radius 1 is 0.939 bits per heavy atom. The Hall–Kier alpha value is -4.36. The van der Waals surface area contributed by atoms with Gasteiger partial charge in [0, 0.05) is 51.0 Å². The van der Waals surface area contributed by atoms with Crippen molar-refractivity contribution >= 4 is 45.6 Å². The number of carbonyl (C=O) groups excluding carboxylic acids is 1. The van der Waals surface area contributed by atoms with E-state index >= 15 is 0 Å². The number of ether oxygens (including phenoxy) is 1. The van der Waals surface area contributed by atoms with Gasteiger partial charge in [-0.25, -0.2) is 4.79 Å². The standard InChI is InChI=1S/C37H43N7O4S/c45-30(24-48-32-8-4-7-31-34(32)41-36(47)40-31)22-38-27-15-19-44(20-16-27)29-11-9-25(10-12-29)21-33-35(46)42-37(49-33)39-28-13-17-43(18-14-28)23-26-5-2-1-3-6-26/h1-12,21,27-28,30,38,45H,13-20,22-24H2,(H,39,42,46)(H2,40,41,47)/t30-/m1/s1. The second-order valence-corrected chi connectivity index (χ2v) is 14.0. The molecule has 0 unspecified atom stereocenters. The molecule has 3 aromatic carbocycles. The molecule has 4 heterocycles. The molecule has 0 saturated carbocycles. The molecule has 1 atom stereocenters. The summed E-state index contributed by atoms with van der Waals surface area (Å²) in [6.07, 6.45) is 5.19. The van der Waals surface area contributed by atoms with Gasteiger partial charge in [-0.05, 0) is 78.9 Å². The molecule has 12 heteroatoms. The van der Waals surface area contributed by atoms with E-state index in [1.165, 1.54) is 17.3 Å². The van der Waals surface area contributed by atoms with Crippen LogP contribution in [0, 0.1) is 0 Å². The number of fused-ring (bicyclic) bond motifs is 1. The third-order valence-corrected chi connectivity index (χ3v) is 10.3. The van der Waals surface area contributed by atoms with Crippen molar-refractivity contribution in [3.8, 4) is 5.75 Å². The van der Waals surface area contributed by atoms with Crippen LogP contribution in [-0.4, -0.2) is 88.6 Å². The van der Waals surface area contributed by atoms with Gasteiger partial charge in [0.2, 0.25) is 0 Å². The van der Waals surface area contributed by atoms with Crippen LogP contribution in [0.5, 0.6) is 5.75 Å². The highest BCUT2D eigenvalue weighted by Gasteiger charge is 2.27. The molecule has 49 heavy (non-hydrogen) atoms. The topological polar surface area (TPSA) is 138 Å². The highest BCUT2D eigenvalue weighted by Crippen LogP contribution is 2.29. The molecule has 3 fully saturated rings. The number of aliphatic hydroxyl groups is 1. The number of imidazole rings is 1. The van der Waals surface area contributed by atoms with E-state index < -0.39 is 6.10 Å². The van der Waals surface area contributed by atoms with Gasteiger partial charge < -0.3 is 35.3 Å². The van der Waals surface area contributed by atoms with E-state index in [1.807, 2.05) is 6.08 Å². The molecule has 11 nitrogen and oxygen atoms in total. The zero-order valence-corrected chi connectivity index (χ0v) is 28.3. The van der Waals surface area contributed by atoms with Gasteiger partial charge in [0.15, 0.2) is 5.17 Å². The van der Waals surface area contributed by atoms with Gasteiger partial charge in [-0.2, -0.15) is 0 Å². The molecule has 3 saturated heterocycles. The maximum atomic E-state index is 12.7. The number of nitrogens with one attached hydrogen (secondary N) is 4. The van der Waals surface area contributed by atoms with E-state index in [0.717, 1.165) is 69.7 Å². The second kappa shape index (κ2) is 15.5. The first-order valence-electron chi connectivity index (χ1n) is 17.1. The van der Waals surface area contributed by atoms with Crippen LogP contribution in [0.1, 0.15) is 36.8 Å². The molecule has 3 aliphatic heterocycles. The Labute approximate surface area is 289 Å². The normalized spacial score (nSPS) is 20.3. The lowest BCUT2D eigenvalue weighted by Crippen LogP contribution is -2.45. The maximum Gasteiger partial charge on any atom is 0.323 e. The van der Waals surface area contributed by atoms with E-state index in [-0.39, 0.29) is 24.2 Å². The predicted molar refractivity (Wildman–Crippen MR) is 196 cm³/mol. The SMILES string of the molecule is O=C1NC(=NC2CCN(Cc3ccccc3)CC2)SC1=Cc1ccc(N2CCC(NC[C@@H](O)COc3cccc4[nH]c(=O)[nH]c34)CC2)cc1. The number of likely N-dealkylation sites (tertiary alicyclic amines) is 1. The van der Waals surface area contributed by atoms with Gasteiger partial charge >= 0.3 is 5.69 Å². The highest BCUT2D eigenvalue weighted by molar-refractivity contribution is 8.18. The van der Waals surface area contributed by atoms with Crippen molar-refractivity contribution in [2.24, 2.45) is 4.99 Å². The average Bonchev–Trinajstić information content (AvgIpc) is 3.68. The van der Waals surface area contributed by atoms with Crippen molar-refractivity contribution in [3.05, 3.63) is 99.3 Å². The quantitative estimate of drug-likeness (QED) is 0.150. The fraction of sp³-hybridized carbons (Fsp3) is 0.378. The van der Waals surface area contributed by atoms with Crippen LogP contribution in [0.2, 0.25) is 0 Å². The number of carbonyl (C=O) groups is 1. The largest absolute Gasteiger partial charge is 0.489 e. The number of piperidine rings is 2. The number of aromatic nitrogens is 2. The number of hydrogen-bond acceptors (Lipinski definition) is 9. The molecule has 1 amide bonds. The minimum atomic E-state index is -0.675. The summed E-state index contributed by atoms with van der Waals surface area (Å²) in [7, 11) is 0. The van der Waals surface area contributed by atoms with Crippen molar-refractivity contribution in [3.63, 3.8) is 0 Å². The van der Waals surface area contributed by atoms with Crippen LogP contribution in [-0.2, 0) is 11.3 Å². The van der Waals surface area contributed by atoms with Gasteiger partial charge in [0.25, 0.3) is 5.91 Å². The number of amides is 1. The number of amidine groups is 1. The Morgan fingerprint density at radius 3 is 2.49 bits per heavy atom. The van der Waals surface area contributed by atoms with E-state index in [2.05, 4.69) is 85.0 Å². The average molecular weight is 682 g/mol. The number of rotatable bonds is 11. The summed E-state index contributed by atoms with van der Waals surface area (Å²) in [5, 5.41) is 17.7. The van der Waals surface area contributed by atoms with Crippen LogP contribution in [0.15, 0.2) is 87.5 Å². The second-order valence-electron chi connectivity index (χ2n) is 13.0. The first-order chi connectivity index (χ1) is 23.9. The molecule has 0 spiro atoms. The lowest BCUT2D eigenvalue weighted by atomic mass is 10.0. The number of para-hydroxylation sites is 1. The number of thioether (sulfide) groups is 1. The summed E-state index contributed by atoms with van der Waals surface area (Å²) < 4.78 is 5.80. The number of aliphatic hydroxyl groups excluding tert-OH is 1. The first kappa shape index (κ1) is 33.2. The summed E-state index contributed by atoms with van der Waals surface area (Å²) in [4.78, 5) is 40.2. The van der Waals surface area contributed by atoms with Gasteiger partial charge in [-0.3, -0.25) is 14.7 Å². The Bertz CT molecular complexity index is 1840. The van der Waals surface area contributed by atoms with E-state index in [1.54, 1.807) is 18.2 Å². The third-order valence-electron chi connectivity index (χ3n) is 9.39. The zero-order chi connectivity index (χ0) is 33.6. The lowest BCUT2D eigenvalue weighted by Gasteiger charge is -2.34. The Balaban J connectivity index is 0.833. The van der Waals surface area contributed by atoms with Crippen molar-refractivity contribution in [1.82, 2.24) is 25.5 Å². The number of anilines is 1. The summed E-state index contributed by atoms with van der Waals surface area (Å²) in [6.45, 7) is 5.38. The van der Waals surface area contributed by atoms with Crippen LogP contribution in [0.3, 0.4) is 0 Å². The van der Waals surface area contributed by atoms with E-state index in [4.69, 9.17) is 9.73 Å². The molecular formula is C37H43N7O4S. The van der Waals surface area contributed by atoms with Crippen molar-refractivity contribution < 1.29 is 14.6 Å². The van der Waals surface area contributed by atoms with Crippen LogP contribution in [0.25, 0.3) is 17.1 Å². The number of aliphatic imine (C=N–C) groups is 1. The third kappa shape index (κ3) is 8.63. The molecule has 7 rings (SSSR count). The zero-order valence-electron chi connectivity index (χ0n) is 27.4. The molecule has 0 aliphatic carbocycles. The minimum Gasteiger partial charge on any atom is -0.489 e. The molecule has 256 valence electrons. The molecular weight excluding hydrogens is 639 g/mol. The fourth-order valence-corrected chi connectivity index (χ4v) is 7.57. The Morgan fingerprint density at radius 2 is 1.71 bits per heavy atom. The minimum absolute atomic E-state index is 0.0880. The van der Waals surface area contributed by atoms with Crippen molar-refractivity contribution in [2.75, 3.05) is 44.2 Å². The first-order valence-corrected chi connectivity index (χ1v) is 17.9. The smallest absolute Gasteiger partial charge is 0.323 e. The van der Waals surface area contributed by atoms with E-state index in [9.17, 15) is 14.7 Å².